The van der Waals surface area contributed by atoms with E-state index in [1.54, 1.807) is 12.3 Å². The zero-order valence-electron chi connectivity index (χ0n) is 17.9. The van der Waals surface area contributed by atoms with Crippen LogP contribution >= 0.6 is 11.3 Å². The van der Waals surface area contributed by atoms with E-state index in [2.05, 4.69) is 25.4 Å². The summed E-state index contributed by atoms with van der Waals surface area (Å²) in [6, 6.07) is 13.9. The summed E-state index contributed by atoms with van der Waals surface area (Å²) in [7, 11) is 0. The molecule has 4 rings (SSSR count). The number of thiazole rings is 1. The molecule has 0 unspecified atom stereocenters. The fourth-order valence-corrected chi connectivity index (χ4v) is 4.35. The summed E-state index contributed by atoms with van der Waals surface area (Å²) in [4.78, 5) is 30.7. The Hall–Kier alpha value is -3.33. The third-order valence-corrected chi connectivity index (χ3v) is 6.13. The Morgan fingerprint density at radius 2 is 1.91 bits per heavy atom. The van der Waals surface area contributed by atoms with Gasteiger partial charge in [0, 0.05) is 30.0 Å². The highest BCUT2D eigenvalue weighted by atomic mass is 32.1. The van der Waals surface area contributed by atoms with E-state index >= 15 is 0 Å². The number of anilines is 2. The molecule has 1 aliphatic rings. The van der Waals surface area contributed by atoms with Crippen LogP contribution in [0, 0.1) is 5.92 Å². The number of carbonyl (C=O) groups excluding carboxylic acids is 2. The Morgan fingerprint density at radius 1 is 1.12 bits per heavy atom. The largest absolute Gasteiger partial charge is 0.466 e. The number of benzene rings is 1. The summed E-state index contributed by atoms with van der Waals surface area (Å²) in [5.74, 6) is 0.391. The van der Waals surface area contributed by atoms with E-state index in [0.29, 0.717) is 17.4 Å². The zero-order valence-corrected chi connectivity index (χ0v) is 18.7. The standard InChI is InChI=1S/C23H25N5O3S/c1-2-31-21(29)14-18-15-32-23(24-18)25-22(30)17-10-12-28(13-11-17)20-9-8-19(26-27-20)16-6-4-3-5-7-16/h3-9,15,17H,2,10-14H2,1H3,(H,24,25,30). The van der Waals surface area contributed by atoms with E-state index in [0.717, 1.165) is 43.0 Å². The number of nitrogens with one attached hydrogen (secondary N) is 1. The van der Waals surface area contributed by atoms with Crippen molar-refractivity contribution in [2.45, 2.75) is 26.2 Å². The summed E-state index contributed by atoms with van der Waals surface area (Å²) in [5.41, 5.74) is 2.49. The van der Waals surface area contributed by atoms with Crippen molar-refractivity contribution in [3.63, 3.8) is 0 Å². The third-order valence-electron chi connectivity index (χ3n) is 5.32. The number of rotatable bonds is 7. The topological polar surface area (TPSA) is 97.3 Å². The molecule has 1 aliphatic heterocycles. The van der Waals surface area contributed by atoms with Gasteiger partial charge in [0.05, 0.1) is 24.4 Å². The SMILES string of the molecule is CCOC(=O)Cc1csc(NC(=O)C2CCN(c3ccc(-c4ccccc4)nn3)CC2)n1. The van der Waals surface area contributed by atoms with Crippen molar-refractivity contribution < 1.29 is 14.3 Å². The average molecular weight is 452 g/mol. The number of nitrogens with zero attached hydrogens (tertiary/aromatic N) is 4. The highest BCUT2D eigenvalue weighted by Crippen LogP contribution is 2.25. The average Bonchev–Trinajstić information content (AvgIpc) is 3.26. The van der Waals surface area contributed by atoms with Crippen LogP contribution in [0.3, 0.4) is 0 Å². The first-order valence-corrected chi connectivity index (χ1v) is 11.6. The molecule has 1 saturated heterocycles. The van der Waals surface area contributed by atoms with Crippen LogP contribution in [0.1, 0.15) is 25.5 Å². The highest BCUT2D eigenvalue weighted by Gasteiger charge is 2.26. The van der Waals surface area contributed by atoms with Gasteiger partial charge in [0.2, 0.25) is 5.91 Å². The van der Waals surface area contributed by atoms with Gasteiger partial charge in [-0.25, -0.2) is 4.98 Å². The fraction of sp³-hybridized carbons (Fsp3) is 0.348. The lowest BCUT2D eigenvalue weighted by Gasteiger charge is -2.31. The Labute approximate surface area is 190 Å². The van der Waals surface area contributed by atoms with E-state index in [-0.39, 0.29) is 24.2 Å². The molecule has 0 spiro atoms. The number of aromatic nitrogens is 3. The second kappa shape index (κ2) is 10.3. The highest BCUT2D eigenvalue weighted by molar-refractivity contribution is 7.13. The lowest BCUT2D eigenvalue weighted by atomic mass is 9.96. The number of esters is 1. The van der Waals surface area contributed by atoms with Crippen LogP contribution in [-0.4, -0.2) is 46.8 Å². The van der Waals surface area contributed by atoms with Crippen molar-refractivity contribution in [1.82, 2.24) is 15.2 Å². The normalized spacial score (nSPS) is 14.2. The smallest absolute Gasteiger partial charge is 0.311 e. The molecule has 0 aliphatic carbocycles. The number of amides is 1. The molecule has 0 atom stereocenters. The van der Waals surface area contributed by atoms with Crippen LogP contribution in [0.15, 0.2) is 47.8 Å². The molecule has 1 fully saturated rings. The number of carbonyl (C=O) groups is 2. The van der Waals surface area contributed by atoms with Crippen LogP contribution in [-0.2, 0) is 20.7 Å². The maximum Gasteiger partial charge on any atom is 0.311 e. The molecule has 1 N–H and O–H groups in total. The molecule has 3 aromatic rings. The number of hydrogen-bond acceptors (Lipinski definition) is 8. The summed E-state index contributed by atoms with van der Waals surface area (Å²) in [6.07, 6.45) is 1.58. The van der Waals surface area contributed by atoms with Crippen LogP contribution < -0.4 is 10.2 Å². The lowest BCUT2D eigenvalue weighted by Crippen LogP contribution is -2.38. The van der Waals surface area contributed by atoms with Gasteiger partial charge in [-0.15, -0.1) is 21.5 Å². The van der Waals surface area contributed by atoms with Gasteiger partial charge < -0.3 is 15.0 Å². The van der Waals surface area contributed by atoms with E-state index in [1.807, 2.05) is 42.5 Å². The van der Waals surface area contributed by atoms with Gasteiger partial charge in [0.15, 0.2) is 10.9 Å². The van der Waals surface area contributed by atoms with Gasteiger partial charge in [0.25, 0.3) is 0 Å². The van der Waals surface area contributed by atoms with Crippen molar-refractivity contribution >= 4 is 34.2 Å². The van der Waals surface area contributed by atoms with Gasteiger partial charge >= 0.3 is 5.97 Å². The molecule has 1 aromatic carbocycles. The maximum atomic E-state index is 12.7. The van der Waals surface area contributed by atoms with Gasteiger partial charge in [-0.2, -0.15) is 0 Å². The minimum absolute atomic E-state index is 0.0350. The van der Waals surface area contributed by atoms with Crippen LogP contribution in [0.25, 0.3) is 11.3 Å². The van der Waals surface area contributed by atoms with Crippen LogP contribution in [0.2, 0.25) is 0 Å². The molecule has 166 valence electrons. The predicted molar refractivity (Wildman–Crippen MR) is 123 cm³/mol. The summed E-state index contributed by atoms with van der Waals surface area (Å²) < 4.78 is 4.93. The molecular weight excluding hydrogens is 426 g/mol. The van der Waals surface area contributed by atoms with Gasteiger partial charge in [0.1, 0.15) is 0 Å². The van der Waals surface area contributed by atoms with E-state index in [9.17, 15) is 9.59 Å². The van der Waals surface area contributed by atoms with Crippen molar-refractivity contribution in [2.24, 2.45) is 5.92 Å². The number of piperidine rings is 1. The second-order valence-electron chi connectivity index (χ2n) is 7.52. The van der Waals surface area contributed by atoms with Gasteiger partial charge in [-0.1, -0.05) is 30.3 Å². The molecule has 3 heterocycles. The molecule has 0 saturated carbocycles. The zero-order chi connectivity index (χ0) is 22.3. The van der Waals surface area contributed by atoms with Crippen molar-refractivity contribution in [3.8, 4) is 11.3 Å². The second-order valence-corrected chi connectivity index (χ2v) is 8.38. The fourth-order valence-electron chi connectivity index (χ4n) is 3.64. The molecule has 2 aromatic heterocycles. The Morgan fingerprint density at radius 3 is 2.59 bits per heavy atom. The van der Waals surface area contributed by atoms with E-state index < -0.39 is 0 Å². The molecule has 8 nitrogen and oxygen atoms in total. The van der Waals surface area contributed by atoms with Gasteiger partial charge in [-0.3, -0.25) is 9.59 Å². The predicted octanol–water partition coefficient (Wildman–Crippen LogP) is 3.56. The van der Waals surface area contributed by atoms with Crippen LogP contribution in [0.4, 0.5) is 10.9 Å². The quantitative estimate of drug-likeness (QED) is 0.549. The molecule has 0 bridgehead atoms. The first kappa shape index (κ1) is 21.9. The summed E-state index contributed by atoms with van der Waals surface area (Å²) in [5, 5.41) is 13.9. The Balaban J connectivity index is 1.28. The molecule has 9 heteroatoms. The first-order valence-electron chi connectivity index (χ1n) is 10.7. The van der Waals surface area contributed by atoms with Crippen molar-refractivity contribution in [3.05, 3.63) is 53.5 Å². The molecule has 32 heavy (non-hydrogen) atoms. The first-order chi connectivity index (χ1) is 15.6. The molecular formula is C23H25N5O3S. The number of ether oxygens (including phenoxy) is 1. The van der Waals surface area contributed by atoms with Gasteiger partial charge in [-0.05, 0) is 31.9 Å². The molecule has 1 amide bonds. The Kier molecular flexibility index (Phi) is 7.06. The maximum absolute atomic E-state index is 12.7. The minimum atomic E-state index is -0.317. The van der Waals surface area contributed by atoms with E-state index in [1.165, 1.54) is 11.3 Å². The monoisotopic (exact) mass is 451 g/mol. The number of hydrogen-bond donors (Lipinski definition) is 1. The molecule has 0 radical (unpaired) electrons. The summed E-state index contributed by atoms with van der Waals surface area (Å²) in [6.45, 7) is 3.59. The Bertz CT molecular complexity index is 1050. The third kappa shape index (κ3) is 5.47. The minimum Gasteiger partial charge on any atom is -0.466 e. The van der Waals surface area contributed by atoms with Crippen molar-refractivity contribution in [2.75, 3.05) is 29.9 Å². The lowest BCUT2D eigenvalue weighted by molar-refractivity contribution is -0.142. The summed E-state index contributed by atoms with van der Waals surface area (Å²) >= 11 is 1.32. The van der Waals surface area contributed by atoms with Crippen molar-refractivity contribution in [1.29, 1.82) is 0 Å². The van der Waals surface area contributed by atoms with E-state index in [4.69, 9.17) is 4.74 Å². The van der Waals surface area contributed by atoms with Crippen LogP contribution in [0.5, 0.6) is 0 Å².